The third-order valence-electron chi connectivity index (χ3n) is 3.88. The summed E-state index contributed by atoms with van der Waals surface area (Å²) >= 11 is 0. The number of hydrogen-bond donors (Lipinski definition) is 1. The first-order chi connectivity index (χ1) is 11.6. The van der Waals surface area contributed by atoms with Crippen LogP contribution in [0.3, 0.4) is 0 Å². The lowest BCUT2D eigenvalue weighted by atomic mass is 10.1. The van der Waals surface area contributed by atoms with E-state index in [-0.39, 0.29) is 11.9 Å². The maximum absolute atomic E-state index is 12.2. The Morgan fingerprint density at radius 3 is 2.75 bits per heavy atom. The van der Waals surface area contributed by atoms with Gasteiger partial charge in [-0.2, -0.15) is 0 Å². The van der Waals surface area contributed by atoms with Crippen LogP contribution in [-0.4, -0.2) is 25.9 Å². The van der Waals surface area contributed by atoms with Gasteiger partial charge in [0, 0.05) is 18.9 Å². The molecular weight excluding hydrogens is 302 g/mol. The summed E-state index contributed by atoms with van der Waals surface area (Å²) in [6.07, 6.45) is 5.09. The Morgan fingerprint density at radius 2 is 2.04 bits per heavy atom. The van der Waals surface area contributed by atoms with Crippen LogP contribution in [0.2, 0.25) is 0 Å². The van der Waals surface area contributed by atoms with Gasteiger partial charge in [0.05, 0.1) is 12.2 Å². The molecule has 122 valence electrons. The molecule has 1 amide bonds. The van der Waals surface area contributed by atoms with Gasteiger partial charge in [-0.25, -0.2) is 4.68 Å². The minimum atomic E-state index is -0.249. The molecule has 0 unspecified atom stereocenters. The van der Waals surface area contributed by atoms with Crippen molar-refractivity contribution in [1.82, 2.24) is 25.3 Å². The molecule has 0 aliphatic heterocycles. The molecule has 0 fully saturated rings. The normalized spacial score (nSPS) is 11.9. The highest BCUT2D eigenvalue weighted by molar-refractivity contribution is 5.91. The Hall–Kier alpha value is -3.02. The lowest BCUT2D eigenvalue weighted by Crippen LogP contribution is -2.23. The number of amides is 1. The second kappa shape index (κ2) is 7.04. The fourth-order valence-corrected chi connectivity index (χ4v) is 2.34. The van der Waals surface area contributed by atoms with E-state index in [0.717, 1.165) is 11.1 Å². The van der Waals surface area contributed by atoms with Crippen LogP contribution in [-0.2, 0) is 6.54 Å². The molecule has 0 aliphatic rings. The topological polar surface area (TPSA) is 72.7 Å². The Kier molecular flexibility index (Phi) is 4.65. The summed E-state index contributed by atoms with van der Waals surface area (Å²) < 4.78 is 1.70. The smallest absolute Gasteiger partial charge is 0.273 e. The van der Waals surface area contributed by atoms with Gasteiger partial charge >= 0.3 is 0 Å². The van der Waals surface area contributed by atoms with Gasteiger partial charge in [-0.3, -0.25) is 9.78 Å². The molecule has 0 saturated carbocycles. The molecule has 1 aromatic carbocycles. The summed E-state index contributed by atoms with van der Waals surface area (Å²) in [5, 5.41) is 10.9. The van der Waals surface area contributed by atoms with E-state index in [2.05, 4.69) is 51.8 Å². The van der Waals surface area contributed by atoms with Gasteiger partial charge in [-0.05, 0) is 31.0 Å². The molecule has 2 aromatic heterocycles. The van der Waals surface area contributed by atoms with Gasteiger partial charge in [0.15, 0.2) is 5.69 Å². The van der Waals surface area contributed by atoms with E-state index in [1.54, 1.807) is 23.3 Å². The van der Waals surface area contributed by atoms with Crippen molar-refractivity contribution in [2.45, 2.75) is 26.4 Å². The first-order valence-corrected chi connectivity index (χ1v) is 7.79. The van der Waals surface area contributed by atoms with Crippen molar-refractivity contribution < 1.29 is 4.79 Å². The quantitative estimate of drug-likeness (QED) is 0.784. The summed E-state index contributed by atoms with van der Waals surface area (Å²) in [4.78, 5) is 16.2. The van der Waals surface area contributed by atoms with Gasteiger partial charge in [-0.15, -0.1) is 5.10 Å². The molecule has 1 atom stereocenters. The summed E-state index contributed by atoms with van der Waals surface area (Å²) in [5.74, 6) is -0.249. The number of nitrogens with one attached hydrogen (secondary N) is 1. The number of carbonyl (C=O) groups is 1. The maximum atomic E-state index is 12.2. The summed E-state index contributed by atoms with van der Waals surface area (Å²) in [6, 6.07) is 12.0. The number of aryl methyl sites for hydroxylation is 1. The molecule has 0 spiro atoms. The minimum Gasteiger partial charge on any atom is -0.346 e. The van der Waals surface area contributed by atoms with E-state index in [1.807, 2.05) is 19.1 Å². The van der Waals surface area contributed by atoms with Gasteiger partial charge in [0.1, 0.15) is 0 Å². The number of hydrogen-bond acceptors (Lipinski definition) is 4. The van der Waals surface area contributed by atoms with Crippen LogP contribution in [0.4, 0.5) is 0 Å². The molecule has 1 N–H and O–H groups in total. The van der Waals surface area contributed by atoms with E-state index in [9.17, 15) is 4.79 Å². The Balaban J connectivity index is 1.66. The van der Waals surface area contributed by atoms with Crippen molar-refractivity contribution >= 4 is 5.91 Å². The van der Waals surface area contributed by atoms with Gasteiger partial charge in [0.25, 0.3) is 5.91 Å². The van der Waals surface area contributed by atoms with Crippen molar-refractivity contribution in [3.8, 4) is 0 Å². The van der Waals surface area contributed by atoms with Crippen LogP contribution < -0.4 is 5.32 Å². The molecule has 0 aliphatic carbocycles. The zero-order valence-corrected chi connectivity index (χ0v) is 13.7. The lowest BCUT2D eigenvalue weighted by molar-refractivity contribution is 0.0946. The van der Waals surface area contributed by atoms with Crippen LogP contribution in [0.1, 0.15) is 40.1 Å². The Bertz CT molecular complexity index is 811. The summed E-state index contributed by atoms with van der Waals surface area (Å²) in [7, 11) is 0. The number of carbonyl (C=O) groups excluding carboxylic acids is 1. The average molecular weight is 321 g/mol. The highest BCUT2D eigenvalue weighted by Crippen LogP contribution is 2.17. The second-order valence-electron chi connectivity index (χ2n) is 5.71. The molecule has 3 aromatic rings. The number of nitrogens with zero attached hydrogens (tertiary/aromatic N) is 4. The molecular formula is C18H19N5O. The number of aromatic nitrogens is 4. The Morgan fingerprint density at radius 1 is 1.25 bits per heavy atom. The third-order valence-corrected chi connectivity index (χ3v) is 3.88. The van der Waals surface area contributed by atoms with Gasteiger partial charge < -0.3 is 5.32 Å². The van der Waals surface area contributed by atoms with Gasteiger partial charge in [-0.1, -0.05) is 41.1 Å². The van der Waals surface area contributed by atoms with Crippen molar-refractivity contribution in [2.75, 3.05) is 0 Å². The molecule has 0 saturated heterocycles. The zero-order valence-electron chi connectivity index (χ0n) is 13.7. The molecule has 0 radical (unpaired) electrons. The van der Waals surface area contributed by atoms with Crippen LogP contribution in [0, 0.1) is 6.92 Å². The highest BCUT2D eigenvalue weighted by atomic mass is 16.2. The van der Waals surface area contributed by atoms with E-state index in [4.69, 9.17) is 0 Å². The van der Waals surface area contributed by atoms with Crippen LogP contribution in [0.15, 0.2) is 55.0 Å². The second-order valence-corrected chi connectivity index (χ2v) is 5.71. The summed E-state index contributed by atoms with van der Waals surface area (Å²) in [5.41, 5.74) is 3.57. The SMILES string of the molecule is Cc1ccc([C@@H](C)n2cc(C(=O)NCc3cccnc3)nn2)cc1. The van der Waals surface area contributed by atoms with Crippen molar-refractivity contribution in [2.24, 2.45) is 0 Å². The molecule has 6 nitrogen and oxygen atoms in total. The van der Waals surface area contributed by atoms with E-state index < -0.39 is 0 Å². The predicted octanol–water partition coefficient (Wildman–Crippen LogP) is 2.52. The van der Waals surface area contributed by atoms with Crippen molar-refractivity contribution in [1.29, 1.82) is 0 Å². The van der Waals surface area contributed by atoms with Crippen LogP contribution in [0.5, 0.6) is 0 Å². The number of rotatable bonds is 5. The molecule has 0 bridgehead atoms. The van der Waals surface area contributed by atoms with Crippen LogP contribution in [0.25, 0.3) is 0 Å². The first-order valence-electron chi connectivity index (χ1n) is 7.79. The van der Waals surface area contributed by atoms with Crippen molar-refractivity contribution in [3.63, 3.8) is 0 Å². The predicted molar refractivity (Wildman–Crippen MR) is 90.4 cm³/mol. The molecule has 6 heteroatoms. The maximum Gasteiger partial charge on any atom is 0.273 e. The van der Waals surface area contributed by atoms with E-state index in [0.29, 0.717) is 12.2 Å². The first kappa shape index (κ1) is 15.9. The average Bonchev–Trinajstić information content (AvgIpc) is 3.11. The van der Waals surface area contributed by atoms with Gasteiger partial charge in [0.2, 0.25) is 0 Å². The monoisotopic (exact) mass is 321 g/mol. The molecule has 3 rings (SSSR count). The zero-order chi connectivity index (χ0) is 16.9. The fraction of sp³-hybridized carbons (Fsp3) is 0.222. The van der Waals surface area contributed by atoms with E-state index in [1.165, 1.54) is 5.56 Å². The Labute approximate surface area is 140 Å². The highest BCUT2D eigenvalue weighted by Gasteiger charge is 2.14. The number of pyridine rings is 1. The minimum absolute atomic E-state index is 0.0120. The molecule has 2 heterocycles. The van der Waals surface area contributed by atoms with Crippen molar-refractivity contribution in [3.05, 3.63) is 77.4 Å². The lowest BCUT2D eigenvalue weighted by Gasteiger charge is -2.11. The third kappa shape index (κ3) is 3.65. The van der Waals surface area contributed by atoms with E-state index >= 15 is 0 Å². The molecule has 24 heavy (non-hydrogen) atoms. The fourth-order valence-electron chi connectivity index (χ4n) is 2.34. The number of benzene rings is 1. The van der Waals surface area contributed by atoms with Crippen LogP contribution >= 0.6 is 0 Å². The largest absolute Gasteiger partial charge is 0.346 e. The standard InChI is InChI=1S/C18H19N5O/c1-13-5-7-16(8-6-13)14(2)23-12-17(21-22-23)18(24)20-11-15-4-3-9-19-10-15/h3-10,12,14H,11H2,1-2H3,(H,20,24)/t14-/m1/s1. The summed E-state index contributed by atoms with van der Waals surface area (Å²) in [6.45, 7) is 4.48.